The number of rotatable bonds is 11. The number of nitrogens with zero attached hydrogens (tertiary/aromatic N) is 1. The maximum atomic E-state index is 13.0. The van der Waals surface area contributed by atoms with Crippen molar-refractivity contribution >= 4 is 23.2 Å². The van der Waals surface area contributed by atoms with Crippen LogP contribution in [0, 0.1) is 0 Å². The fraction of sp³-hybridized carbons (Fsp3) is 0.452. The van der Waals surface area contributed by atoms with Crippen LogP contribution < -0.4 is 15.4 Å². The molecule has 2 aromatic carbocycles. The molecule has 4 rings (SSSR count). The van der Waals surface area contributed by atoms with Crippen LogP contribution in [0.25, 0.3) is 0 Å². The van der Waals surface area contributed by atoms with E-state index in [4.69, 9.17) is 4.74 Å². The van der Waals surface area contributed by atoms with Crippen molar-refractivity contribution in [3.8, 4) is 5.75 Å². The zero-order chi connectivity index (χ0) is 26.9. The van der Waals surface area contributed by atoms with Crippen molar-refractivity contribution in [2.45, 2.75) is 90.3 Å². The highest BCUT2D eigenvalue weighted by Crippen LogP contribution is 2.22. The molecule has 1 fully saturated rings. The highest BCUT2D eigenvalue weighted by Gasteiger charge is 2.29. The van der Waals surface area contributed by atoms with E-state index in [0.717, 1.165) is 55.7 Å². The minimum absolute atomic E-state index is 0.0901. The van der Waals surface area contributed by atoms with Crippen molar-refractivity contribution in [2.75, 3.05) is 0 Å². The SMILES string of the molecule is CCCCc1ccc(C(=O)NC2CCCCC2NC(=O)c2csc(COc3ccc(C(C)C)cc3)n2)cc1. The van der Waals surface area contributed by atoms with Gasteiger partial charge in [-0.25, -0.2) is 4.98 Å². The van der Waals surface area contributed by atoms with E-state index >= 15 is 0 Å². The molecule has 0 spiro atoms. The Morgan fingerprint density at radius 3 is 2.26 bits per heavy atom. The fourth-order valence-corrected chi connectivity index (χ4v) is 5.44. The van der Waals surface area contributed by atoms with Gasteiger partial charge in [0.15, 0.2) is 0 Å². The lowest BCUT2D eigenvalue weighted by molar-refractivity contribution is 0.0860. The smallest absolute Gasteiger partial charge is 0.271 e. The lowest BCUT2D eigenvalue weighted by atomic mass is 9.90. The Kier molecular flexibility index (Phi) is 9.93. The first-order valence-electron chi connectivity index (χ1n) is 13.8. The van der Waals surface area contributed by atoms with Crippen LogP contribution in [0.3, 0.4) is 0 Å². The standard InChI is InChI=1S/C31H39N3O3S/c1-4-5-8-22-11-13-24(14-12-22)30(35)33-26-9-6-7-10-27(26)34-31(36)28-20-38-29(32-28)19-37-25-17-15-23(16-18-25)21(2)3/h11-18,20-21,26-27H,4-10,19H2,1-3H3,(H,33,35)(H,34,36). The van der Waals surface area contributed by atoms with Crippen molar-refractivity contribution in [2.24, 2.45) is 0 Å². The summed E-state index contributed by atoms with van der Waals surface area (Å²) in [6, 6.07) is 15.7. The van der Waals surface area contributed by atoms with Gasteiger partial charge in [0, 0.05) is 23.0 Å². The minimum Gasteiger partial charge on any atom is -0.486 e. The second-order valence-electron chi connectivity index (χ2n) is 10.4. The van der Waals surface area contributed by atoms with E-state index in [2.05, 4.69) is 48.5 Å². The largest absolute Gasteiger partial charge is 0.486 e. The van der Waals surface area contributed by atoms with Gasteiger partial charge in [0.25, 0.3) is 11.8 Å². The van der Waals surface area contributed by atoms with E-state index in [1.165, 1.54) is 22.5 Å². The van der Waals surface area contributed by atoms with Crippen molar-refractivity contribution in [1.82, 2.24) is 15.6 Å². The van der Waals surface area contributed by atoms with E-state index < -0.39 is 0 Å². The lowest BCUT2D eigenvalue weighted by Gasteiger charge is -2.32. The molecule has 0 bridgehead atoms. The summed E-state index contributed by atoms with van der Waals surface area (Å²) < 4.78 is 5.87. The van der Waals surface area contributed by atoms with Gasteiger partial charge in [0.1, 0.15) is 23.1 Å². The summed E-state index contributed by atoms with van der Waals surface area (Å²) in [5.41, 5.74) is 3.57. The van der Waals surface area contributed by atoms with Crippen molar-refractivity contribution in [3.05, 3.63) is 81.3 Å². The molecule has 1 saturated carbocycles. The molecule has 1 aliphatic rings. The Labute approximate surface area is 230 Å². The number of nitrogens with one attached hydrogen (secondary N) is 2. The second kappa shape index (κ2) is 13.6. The van der Waals surface area contributed by atoms with Crippen molar-refractivity contribution in [3.63, 3.8) is 0 Å². The third kappa shape index (κ3) is 7.67. The third-order valence-corrected chi connectivity index (χ3v) is 7.95. The maximum Gasteiger partial charge on any atom is 0.271 e. The summed E-state index contributed by atoms with van der Waals surface area (Å²) in [6.07, 6.45) is 7.06. The van der Waals surface area contributed by atoms with Gasteiger partial charge in [-0.2, -0.15) is 0 Å². The first kappa shape index (κ1) is 27.8. The maximum absolute atomic E-state index is 13.0. The molecule has 0 aliphatic heterocycles. The van der Waals surface area contributed by atoms with Crippen LogP contribution in [0.4, 0.5) is 0 Å². The summed E-state index contributed by atoms with van der Waals surface area (Å²) in [5.74, 6) is 0.961. The lowest BCUT2D eigenvalue weighted by Crippen LogP contribution is -2.53. The molecular weight excluding hydrogens is 494 g/mol. The topological polar surface area (TPSA) is 80.3 Å². The summed E-state index contributed by atoms with van der Waals surface area (Å²) in [7, 11) is 0. The average molecular weight is 534 g/mol. The number of unbranched alkanes of at least 4 members (excludes halogenated alkanes) is 1. The van der Waals surface area contributed by atoms with Crippen LogP contribution in [0.2, 0.25) is 0 Å². The van der Waals surface area contributed by atoms with E-state index in [0.29, 0.717) is 23.8 Å². The van der Waals surface area contributed by atoms with Crippen LogP contribution in [0.1, 0.15) is 102 Å². The number of carbonyl (C=O) groups excluding carboxylic acids is 2. The van der Waals surface area contributed by atoms with Gasteiger partial charge in [-0.3, -0.25) is 9.59 Å². The Balaban J connectivity index is 1.30. The molecule has 2 unspecified atom stereocenters. The number of benzene rings is 2. The molecule has 6 nitrogen and oxygen atoms in total. The van der Waals surface area contributed by atoms with E-state index in [-0.39, 0.29) is 23.9 Å². The van der Waals surface area contributed by atoms with Gasteiger partial charge < -0.3 is 15.4 Å². The van der Waals surface area contributed by atoms with Crippen LogP contribution >= 0.6 is 11.3 Å². The molecule has 3 aromatic rings. The number of hydrogen-bond donors (Lipinski definition) is 2. The molecule has 1 aliphatic carbocycles. The van der Waals surface area contributed by atoms with Gasteiger partial charge in [0.2, 0.25) is 0 Å². The van der Waals surface area contributed by atoms with Crippen molar-refractivity contribution in [1.29, 1.82) is 0 Å². The van der Waals surface area contributed by atoms with E-state index in [1.807, 2.05) is 36.4 Å². The predicted octanol–water partition coefficient (Wildman–Crippen LogP) is 6.66. The number of carbonyl (C=O) groups is 2. The highest BCUT2D eigenvalue weighted by molar-refractivity contribution is 7.09. The Morgan fingerprint density at radius 2 is 1.63 bits per heavy atom. The zero-order valence-corrected chi connectivity index (χ0v) is 23.5. The first-order valence-corrected chi connectivity index (χ1v) is 14.7. The third-order valence-electron chi connectivity index (χ3n) is 7.13. The van der Waals surface area contributed by atoms with Gasteiger partial charge in [-0.05, 0) is 67.0 Å². The molecule has 0 saturated heterocycles. The van der Waals surface area contributed by atoms with Crippen molar-refractivity contribution < 1.29 is 14.3 Å². The molecule has 202 valence electrons. The average Bonchev–Trinajstić information content (AvgIpc) is 3.41. The molecular formula is C31H39N3O3S. The molecule has 38 heavy (non-hydrogen) atoms. The number of aryl methyl sites for hydroxylation is 1. The van der Waals surface area contributed by atoms with Gasteiger partial charge in [0.05, 0.1) is 0 Å². The normalized spacial score (nSPS) is 17.3. The van der Waals surface area contributed by atoms with Gasteiger partial charge in [-0.1, -0.05) is 64.3 Å². The molecule has 2 atom stereocenters. The quantitative estimate of drug-likeness (QED) is 0.289. The number of hydrogen-bond acceptors (Lipinski definition) is 5. The number of amides is 2. The van der Waals surface area contributed by atoms with E-state index in [1.54, 1.807) is 5.38 Å². The monoisotopic (exact) mass is 533 g/mol. The molecule has 7 heteroatoms. The number of aromatic nitrogens is 1. The first-order chi connectivity index (χ1) is 18.4. The Hall–Kier alpha value is -3.19. The Bertz CT molecular complexity index is 1190. The number of thiazole rings is 1. The summed E-state index contributed by atoms with van der Waals surface area (Å²) in [4.78, 5) is 30.4. The molecule has 1 aromatic heterocycles. The van der Waals surface area contributed by atoms with Crippen LogP contribution in [0.15, 0.2) is 53.9 Å². The second-order valence-corrected chi connectivity index (χ2v) is 11.3. The number of ether oxygens (including phenoxy) is 1. The summed E-state index contributed by atoms with van der Waals surface area (Å²) in [5, 5.41) is 8.81. The van der Waals surface area contributed by atoms with Crippen LogP contribution in [-0.4, -0.2) is 28.9 Å². The minimum atomic E-state index is -0.208. The summed E-state index contributed by atoms with van der Waals surface area (Å²) >= 11 is 1.42. The highest BCUT2D eigenvalue weighted by atomic mass is 32.1. The predicted molar refractivity (Wildman–Crippen MR) is 153 cm³/mol. The van der Waals surface area contributed by atoms with Crippen LogP contribution in [0.5, 0.6) is 5.75 Å². The van der Waals surface area contributed by atoms with Crippen LogP contribution in [-0.2, 0) is 13.0 Å². The molecule has 1 heterocycles. The van der Waals surface area contributed by atoms with E-state index in [9.17, 15) is 9.59 Å². The van der Waals surface area contributed by atoms with Gasteiger partial charge in [-0.15, -0.1) is 11.3 Å². The summed E-state index contributed by atoms with van der Waals surface area (Å²) in [6.45, 7) is 6.82. The Morgan fingerprint density at radius 1 is 0.974 bits per heavy atom. The zero-order valence-electron chi connectivity index (χ0n) is 22.7. The molecule has 2 amide bonds. The molecule has 0 radical (unpaired) electrons. The fourth-order valence-electron chi connectivity index (χ4n) is 4.75. The molecule has 2 N–H and O–H groups in total. The van der Waals surface area contributed by atoms with Gasteiger partial charge >= 0.3 is 0 Å².